The van der Waals surface area contributed by atoms with Crippen molar-refractivity contribution < 1.29 is 18.0 Å². The molecule has 0 bridgehead atoms. The minimum absolute atomic E-state index is 0.139. The predicted molar refractivity (Wildman–Crippen MR) is 104 cm³/mol. The number of alkyl halides is 2. The Kier molecular flexibility index (Phi) is 6.36. The number of carbonyl (C=O) groups is 1. The molecule has 0 saturated carbocycles. The molecule has 3 aromatic rings. The number of aromatic nitrogens is 2. The topological polar surface area (TPSA) is 64.0 Å². The fourth-order valence-corrected chi connectivity index (χ4v) is 3.41. The molecule has 0 spiro atoms. The molecule has 1 N–H and O–H groups in total. The van der Waals surface area contributed by atoms with E-state index in [1.165, 1.54) is 6.07 Å². The van der Waals surface area contributed by atoms with Gasteiger partial charge in [-0.2, -0.15) is 0 Å². The highest BCUT2D eigenvalue weighted by Crippen LogP contribution is 2.27. The molecular formula is C19H11ClF3N3O2S. The molecule has 0 unspecified atom stereocenters. The van der Waals surface area contributed by atoms with Gasteiger partial charge in [-0.05, 0) is 24.1 Å². The van der Waals surface area contributed by atoms with E-state index in [-0.39, 0.29) is 15.6 Å². The molecule has 0 fully saturated rings. The van der Waals surface area contributed by atoms with Crippen LogP contribution in [0.1, 0.15) is 20.1 Å². The number of carbonyl (C=O) groups excluding carboxylic acids is 1. The molecule has 0 aliphatic carbocycles. The lowest BCUT2D eigenvalue weighted by molar-refractivity contribution is 0.103. The monoisotopic (exact) mass is 437 g/mol. The first kappa shape index (κ1) is 20.6. The molecule has 5 nitrogen and oxygen atoms in total. The molecule has 0 radical (unpaired) electrons. The Balaban J connectivity index is 1.81. The summed E-state index contributed by atoms with van der Waals surface area (Å²) in [5.41, 5.74) is -0.671. The number of amides is 1. The Bertz CT molecular complexity index is 1170. The highest BCUT2D eigenvalue weighted by molar-refractivity contribution is 7.15. The number of halogens is 4. The van der Waals surface area contributed by atoms with Crippen LogP contribution in [0.2, 0.25) is 5.02 Å². The van der Waals surface area contributed by atoms with Gasteiger partial charge in [0.25, 0.3) is 17.9 Å². The molecule has 3 aromatic heterocycles. The van der Waals surface area contributed by atoms with Crippen LogP contribution < -0.4 is 10.9 Å². The largest absolute Gasteiger partial charge is 0.320 e. The Morgan fingerprint density at radius 2 is 2.14 bits per heavy atom. The third-order valence-electron chi connectivity index (χ3n) is 3.53. The van der Waals surface area contributed by atoms with Crippen LogP contribution in [-0.4, -0.2) is 21.9 Å². The van der Waals surface area contributed by atoms with Gasteiger partial charge in [0.15, 0.2) is 5.82 Å². The molecule has 10 heteroatoms. The number of nitrogens with zero attached hydrogens (tertiary/aromatic N) is 2. The molecule has 3 rings (SSSR count). The van der Waals surface area contributed by atoms with Crippen molar-refractivity contribution >= 4 is 34.5 Å². The summed E-state index contributed by atoms with van der Waals surface area (Å²) in [6.07, 6.45) is 1.28. The molecule has 1 amide bonds. The van der Waals surface area contributed by atoms with Crippen molar-refractivity contribution in [3.63, 3.8) is 0 Å². The van der Waals surface area contributed by atoms with Crippen molar-refractivity contribution in [3.05, 3.63) is 79.4 Å². The summed E-state index contributed by atoms with van der Waals surface area (Å²) in [6, 6.07) is 5.64. The van der Waals surface area contributed by atoms with E-state index in [1.54, 1.807) is 24.5 Å². The summed E-state index contributed by atoms with van der Waals surface area (Å²) in [4.78, 5) is 28.5. The first-order valence-electron chi connectivity index (χ1n) is 8.04. The van der Waals surface area contributed by atoms with Crippen molar-refractivity contribution in [3.8, 4) is 11.8 Å². The summed E-state index contributed by atoms with van der Waals surface area (Å²) in [7, 11) is 0. The number of nitrogens with one attached hydrogen (secondary N) is 1. The average molecular weight is 438 g/mol. The standard InChI is InChI=1S/C19H11ClF3N3O2S/c20-13-7-16(29-15(13)4-3-11-2-1-5-24-8-11)18(27)25-12-6-14(21)19(28)26(9-12)10-17(22)23/h1-2,5-9,17H,10H2,(H,25,27). The van der Waals surface area contributed by atoms with E-state index >= 15 is 0 Å². The second kappa shape index (κ2) is 8.94. The third-order valence-corrected chi connectivity index (χ3v) is 4.99. The maximum atomic E-state index is 13.7. The third kappa shape index (κ3) is 5.25. The van der Waals surface area contributed by atoms with E-state index in [0.717, 1.165) is 23.6 Å². The van der Waals surface area contributed by atoms with Gasteiger partial charge in [0.2, 0.25) is 0 Å². The van der Waals surface area contributed by atoms with E-state index in [0.29, 0.717) is 15.0 Å². The number of thiophene rings is 1. The quantitative estimate of drug-likeness (QED) is 0.627. The first-order valence-corrected chi connectivity index (χ1v) is 9.24. The fourth-order valence-electron chi connectivity index (χ4n) is 2.28. The zero-order valence-electron chi connectivity index (χ0n) is 14.5. The lowest BCUT2D eigenvalue weighted by Gasteiger charge is -2.09. The van der Waals surface area contributed by atoms with E-state index in [2.05, 4.69) is 22.1 Å². The van der Waals surface area contributed by atoms with Crippen molar-refractivity contribution in [2.24, 2.45) is 0 Å². The average Bonchev–Trinajstić information content (AvgIpc) is 3.05. The number of rotatable bonds is 4. The lowest BCUT2D eigenvalue weighted by atomic mass is 10.3. The van der Waals surface area contributed by atoms with Gasteiger partial charge in [-0.3, -0.25) is 14.6 Å². The summed E-state index contributed by atoms with van der Waals surface area (Å²) in [6.45, 7) is -0.988. The van der Waals surface area contributed by atoms with Gasteiger partial charge in [-0.25, -0.2) is 13.2 Å². The van der Waals surface area contributed by atoms with Crippen molar-refractivity contribution in [2.45, 2.75) is 13.0 Å². The van der Waals surface area contributed by atoms with Gasteiger partial charge >= 0.3 is 0 Å². The Morgan fingerprint density at radius 1 is 1.34 bits per heavy atom. The van der Waals surface area contributed by atoms with Crippen molar-refractivity contribution in [1.29, 1.82) is 0 Å². The summed E-state index contributed by atoms with van der Waals surface area (Å²) in [5, 5.41) is 2.62. The first-order chi connectivity index (χ1) is 13.8. The SMILES string of the molecule is O=C(Nc1cc(F)c(=O)n(CC(F)F)c1)c1cc(Cl)c(C#Cc2cccnc2)s1. The van der Waals surface area contributed by atoms with Crippen molar-refractivity contribution in [1.82, 2.24) is 9.55 Å². The molecule has 0 aliphatic rings. The normalized spacial score (nSPS) is 10.5. The summed E-state index contributed by atoms with van der Waals surface area (Å²) >= 11 is 7.12. The number of pyridine rings is 2. The predicted octanol–water partition coefficient (Wildman–Crippen LogP) is 4.01. The van der Waals surface area contributed by atoms with Gasteiger partial charge in [-0.1, -0.05) is 17.5 Å². The molecule has 0 atom stereocenters. The van der Waals surface area contributed by atoms with E-state index in [1.807, 2.05) is 0 Å². The molecule has 0 aliphatic heterocycles. The van der Waals surface area contributed by atoms with Crippen LogP contribution in [0.3, 0.4) is 0 Å². The number of hydrogen-bond acceptors (Lipinski definition) is 4. The van der Waals surface area contributed by atoms with Gasteiger partial charge in [0.1, 0.15) is 0 Å². The van der Waals surface area contributed by atoms with E-state index in [4.69, 9.17) is 11.6 Å². The van der Waals surface area contributed by atoms with Crippen LogP contribution in [-0.2, 0) is 6.54 Å². The molecule has 148 valence electrons. The lowest BCUT2D eigenvalue weighted by Crippen LogP contribution is -2.26. The number of anilines is 1. The van der Waals surface area contributed by atoms with Crippen LogP contribution in [0.5, 0.6) is 0 Å². The zero-order chi connectivity index (χ0) is 21.0. The van der Waals surface area contributed by atoms with Crippen LogP contribution in [0.25, 0.3) is 0 Å². The minimum atomic E-state index is -2.85. The van der Waals surface area contributed by atoms with Crippen LogP contribution in [0.4, 0.5) is 18.9 Å². The Labute approximate surface area is 171 Å². The van der Waals surface area contributed by atoms with Crippen molar-refractivity contribution in [2.75, 3.05) is 5.32 Å². The molecular weight excluding hydrogens is 427 g/mol. The summed E-state index contributed by atoms with van der Waals surface area (Å²) in [5.74, 6) is 3.81. The van der Waals surface area contributed by atoms with Crippen LogP contribution in [0.15, 0.2) is 47.7 Å². The second-order valence-corrected chi connectivity index (χ2v) is 7.12. The summed E-state index contributed by atoms with van der Waals surface area (Å²) < 4.78 is 39.3. The Morgan fingerprint density at radius 3 is 2.83 bits per heavy atom. The van der Waals surface area contributed by atoms with Gasteiger partial charge < -0.3 is 9.88 Å². The van der Waals surface area contributed by atoms with Gasteiger partial charge in [0.05, 0.1) is 27.0 Å². The molecule has 0 saturated heterocycles. The smallest absolute Gasteiger partial charge is 0.286 e. The van der Waals surface area contributed by atoms with Crippen LogP contribution >= 0.6 is 22.9 Å². The Hall–Kier alpha value is -3.09. The van der Waals surface area contributed by atoms with Crippen LogP contribution in [0, 0.1) is 17.7 Å². The fraction of sp³-hybridized carbons (Fsp3) is 0.105. The minimum Gasteiger partial charge on any atom is -0.320 e. The van der Waals surface area contributed by atoms with E-state index in [9.17, 15) is 22.8 Å². The maximum absolute atomic E-state index is 13.7. The zero-order valence-corrected chi connectivity index (χ0v) is 16.0. The molecule has 29 heavy (non-hydrogen) atoms. The number of hydrogen-bond donors (Lipinski definition) is 1. The highest BCUT2D eigenvalue weighted by atomic mass is 35.5. The second-order valence-electron chi connectivity index (χ2n) is 5.66. The highest BCUT2D eigenvalue weighted by Gasteiger charge is 2.16. The molecule has 3 heterocycles. The maximum Gasteiger partial charge on any atom is 0.286 e. The molecule has 0 aromatic carbocycles. The van der Waals surface area contributed by atoms with Gasteiger partial charge in [-0.15, -0.1) is 11.3 Å². The van der Waals surface area contributed by atoms with Gasteiger partial charge in [0, 0.05) is 30.2 Å². The van der Waals surface area contributed by atoms with E-state index < -0.39 is 30.3 Å².